The van der Waals surface area contributed by atoms with Crippen LogP contribution in [0.15, 0.2) is 0 Å². The fraction of sp³-hybridized carbons (Fsp3) is 0. The van der Waals surface area contributed by atoms with Gasteiger partial charge in [0.1, 0.15) is 0 Å². The Bertz CT molecular complexity index is 7.51. The van der Waals surface area contributed by atoms with Crippen LogP contribution in [0.1, 0.15) is 0 Å². The minimum absolute atomic E-state index is 0. The molecule has 0 bridgehead atoms. The van der Waals surface area contributed by atoms with Crippen molar-refractivity contribution in [2.45, 2.75) is 0 Å². The molecule has 6 heteroatoms. The predicted octanol–water partition coefficient (Wildman–Crippen LogP) is -8.41. The third-order valence-electron chi connectivity index (χ3n) is 0. The van der Waals surface area contributed by atoms with E-state index in [-0.39, 0.29) is 78.2 Å². The Labute approximate surface area is 77.8 Å². The molecule has 0 aliphatic rings. The first-order chi connectivity index (χ1) is 0. The molecule has 0 aromatic heterocycles. The number of hydrogen-bond acceptors (Lipinski definition) is 1. The van der Waals surface area contributed by atoms with Crippen LogP contribution in [0.4, 0.5) is 0 Å². The van der Waals surface area contributed by atoms with Gasteiger partial charge in [-0.15, -0.1) is 12.4 Å². The van der Waals surface area contributed by atoms with Crippen LogP contribution < -0.4 is 43.4 Å². The van der Waals surface area contributed by atoms with Crippen LogP contribution in [0.5, 0.6) is 0 Å². The van der Waals surface area contributed by atoms with Gasteiger partial charge in [0.25, 0.3) is 0 Å². The normalized spacial score (nSPS) is 0. The van der Waals surface area contributed by atoms with Crippen molar-refractivity contribution in [3.63, 3.8) is 0 Å². The van der Waals surface area contributed by atoms with E-state index in [0.717, 1.165) is 0 Å². The molecule has 1 nitrogen and oxygen atoms in total. The molecule has 0 fully saturated rings. The van der Waals surface area contributed by atoms with Crippen LogP contribution in [0, 0.1) is 0 Å². The zero-order valence-corrected chi connectivity index (χ0v) is 7.80. The molecule has 0 saturated carbocycles. The van der Waals surface area contributed by atoms with Gasteiger partial charge in [0, 0.05) is 0 Å². The van der Waals surface area contributed by atoms with Gasteiger partial charge in [-0.2, -0.15) is 0 Å². The van der Waals surface area contributed by atoms with E-state index >= 15 is 0 Å². The van der Waals surface area contributed by atoms with Crippen LogP contribution in [-0.2, 0) is 22.4 Å². The number of rotatable bonds is 0. The van der Waals surface area contributed by atoms with Crippen molar-refractivity contribution in [2.75, 3.05) is 0 Å². The first kappa shape index (κ1) is 107. The summed E-state index contributed by atoms with van der Waals surface area (Å²) in [6.45, 7) is 0. The molecule has 0 aliphatic heterocycles. The van der Waals surface area contributed by atoms with E-state index in [0.29, 0.717) is 0 Å². The van der Waals surface area contributed by atoms with Crippen LogP contribution in [0.3, 0.4) is 0 Å². The Morgan fingerprint density at radius 3 is 0.667 bits per heavy atom. The zero-order valence-electron chi connectivity index (χ0n) is 2.55. The second-order valence-corrected chi connectivity index (χ2v) is 0. The van der Waals surface area contributed by atoms with Crippen LogP contribution in [0.25, 0.3) is 0 Å². The fourth-order valence-corrected chi connectivity index (χ4v) is 0. The Morgan fingerprint density at radius 2 is 0.667 bits per heavy atom. The summed E-state index contributed by atoms with van der Waals surface area (Å²) in [6.07, 6.45) is 0. The molecule has 0 aromatic carbocycles. The Morgan fingerprint density at radius 1 is 0.667 bits per heavy atom. The van der Waals surface area contributed by atoms with Crippen molar-refractivity contribution in [2.24, 2.45) is 0 Å². The van der Waals surface area contributed by atoms with Crippen LogP contribution in [-0.4, -0.2) is 0 Å². The van der Waals surface area contributed by atoms with E-state index in [1.807, 2.05) is 0 Å². The van der Waals surface area contributed by atoms with Crippen molar-refractivity contribution in [1.29, 1.82) is 0 Å². The van der Waals surface area contributed by atoms with E-state index in [1.54, 1.807) is 0 Å². The summed E-state index contributed by atoms with van der Waals surface area (Å²) < 4.78 is 0. The SMILES string of the molecule is Cl.N.[Au+3].[Cl-].[Cl-].[Cl-]. The monoisotopic (exact) mass is 355 g/mol. The van der Waals surface area contributed by atoms with E-state index in [1.165, 1.54) is 0 Å². The smallest absolute Gasteiger partial charge is 1.00 e. The van der Waals surface area contributed by atoms with Gasteiger partial charge in [0.15, 0.2) is 0 Å². The summed E-state index contributed by atoms with van der Waals surface area (Å²) in [4.78, 5) is 0. The quantitative estimate of drug-likeness (QED) is 0.430. The Balaban J connectivity index is 0. The molecule has 0 heterocycles. The van der Waals surface area contributed by atoms with Crippen molar-refractivity contribution in [1.82, 2.24) is 6.15 Å². The van der Waals surface area contributed by atoms with E-state index < -0.39 is 0 Å². The third-order valence-corrected chi connectivity index (χ3v) is 0. The molecule has 6 heavy (non-hydrogen) atoms. The van der Waals surface area contributed by atoms with Gasteiger partial charge in [-0.3, -0.25) is 0 Å². The van der Waals surface area contributed by atoms with Gasteiger partial charge >= 0.3 is 22.4 Å². The maximum atomic E-state index is 0. The van der Waals surface area contributed by atoms with Crippen LogP contribution >= 0.6 is 12.4 Å². The second-order valence-electron chi connectivity index (χ2n) is 0. The number of halogens is 4. The molecular weight excluding hydrogens is 353 g/mol. The van der Waals surface area contributed by atoms with Gasteiger partial charge in [-0.25, -0.2) is 0 Å². The first-order valence-electron chi connectivity index (χ1n) is 0. The maximum Gasteiger partial charge on any atom is 3.00 e. The average molecular weight is 357 g/mol. The standard InChI is InChI=1S/Au.4ClH.H3N/h;4*1H;1H3/q+3;;;;;/p-3. The maximum absolute atomic E-state index is 0. The van der Waals surface area contributed by atoms with Crippen molar-refractivity contribution >= 4 is 12.4 Å². The molecule has 0 aliphatic carbocycles. The van der Waals surface area contributed by atoms with Crippen LogP contribution in [0.2, 0.25) is 0 Å². The summed E-state index contributed by atoms with van der Waals surface area (Å²) in [5.74, 6) is 0. The van der Waals surface area contributed by atoms with Gasteiger partial charge in [0.2, 0.25) is 0 Å². The van der Waals surface area contributed by atoms with Gasteiger partial charge in [0.05, 0.1) is 0 Å². The summed E-state index contributed by atoms with van der Waals surface area (Å²) in [5.41, 5.74) is 0. The molecular formula is H4AuCl4N. The Hall–Kier alpha value is 1.86. The minimum atomic E-state index is 0. The molecule has 0 saturated heterocycles. The van der Waals surface area contributed by atoms with E-state index in [4.69, 9.17) is 0 Å². The molecule has 48 valence electrons. The third kappa shape index (κ3) is 40.0. The summed E-state index contributed by atoms with van der Waals surface area (Å²) in [5, 5.41) is 0. The Kier molecular flexibility index (Phi) is 1210. The fourth-order valence-electron chi connectivity index (χ4n) is 0. The van der Waals surface area contributed by atoms with Crippen molar-refractivity contribution in [3.05, 3.63) is 0 Å². The first-order valence-corrected chi connectivity index (χ1v) is 0. The van der Waals surface area contributed by atoms with Crippen molar-refractivity contribution in [3.8, 4) is 0 Å². The number of hydrogen-bond donors (Lipinski definition) is 1. The van der Waals surface area contributed by atoms with Gasteiger partial charge < -0.3 is 43.4 Å². The summed E-state index contributed by atoms with van der Waals surface area (Å²) in [7, 11) is 0. The van der Waals surface area contributed by atoms with Gasteiger partial charge in [-0.1, -0.05) is 0 Å². The molecule has 3 N–H and O–H groups in total. The van der Waals surface area contributed by atoms with E-state index in [9.17, 15) is 0 Å². The molecule has 0 rings (SSSR count). The molecule has 0 unspecified atom stereocenters. The predicted molar refractivity (Wildman–Crippen MR) is 12.3 cm³/mol. The van der Waals surface area contributed by atoms with Crippen molar-refractivity contribution < 1.29 is 59.6 Å². The molecule has 0 spiro atoms. The topological polar surface area (TPSA) is 35.0 Å². The molecule has 0 aromatic rings. The van der Waals surface area contributed by atoms with Gasteiger partial charge in [-0.05, 0) is 0 Å². The molecule has 0 amide bonds. The average Bonchev–Trinajstić information content (AvgIpc) is 0. The molecule has 0 radical (unpaired) electrons. The summed E-state index contributed by atoms with van der Waals surface area (Å²) >= 11 is 0. The molecule has 0 atom stereocenters. The summed E-state index contributed by atoms with van der Waals surface area (Å²) in [6, 6.07) is 0. The zero-order chi connectivity index (χ0) is 0. The largest absolute Gasteiger partial charge is 3.00 e. The minimum Gasteiger partial charge on any atom is -1.00 e. The second kappa shape index (κ2) is 68.1. The van der Waals surface area contributed by atoms with E-state index in [2.05, 4.69) is 0 Å².